The highest BCUT2D eigenvalue weighted by Crippen LogP contribution is 2.29. The first kappa shape index (κ1) is 15.4. The maximum Gasteiger partial charge on any atom is 0.433 e. The van der Waals surface area contributed by atoms with Gasteiger partial charge in [0, 0.05) is 12.6 Å². The van der Waals surface area contributed by atoms with Crippen LogP contribution in [0.3, 0.4) is 0 Å². The van der Waals surface area contributed by atoms with Crippen LogP contribution in [0.2, 0.25) is 0 Å². The number of hydrogen-bond donors (Lipinski definition) is 4. The summed E-state index contributed by atoms with van der Waals surface area (Å²) in [6.07, 6.45) is -3.92. The third kappa shape index (κ3) is 4.87. The molecule has 1 heterocycles. The highest BCUT2D eigenvalue weighted by atomic mass is 19.4. The van der Waals surface area contributed by atoms with E-state index in [4.69, 9.17) is 5.84 Å². The van der Waals surface area contributed by atoms with Gasteiger partial charge in [0.15, 0.2) is 5.69 Å². The van der Waals surface area contributed by atoms with Crippen molar-refractivity contribution in [3.8, 4) is 0 Å². The van der Waals surface area contributed by atoms with Gasteiger partial charge in [0.1, 0.15) is 5.82 Å². The summed E-state index contributed by atoms with van der Waals surface area (Å²) >= 11 is 0. The number of hydrazine groups is 1. The maximum atomic E-state index is 12.6. The molecule has 0 aromatic carbocycles. The number of aliphatic hydroxyl groups is 1. The Labute approximate surface area is 108 Å². The van der Waals surface area contributed by atoms with Crippen molar-refractivity contribution in [1.29, 1.82) is 0 Å². The Morgan fingerprint density at radius 1 is 1.42 bits per heavy atom. The molecule has 1 aromatic heterocycles. The zero-order valence-corrected chi connectivity index (χ0v) is 10.3. The van der Waals surface area contributed by atoms with E-state index in [2.05, 4.69) is 15.3 Å². The molecule has 0 amide bonds. The highest BCUT2D eigenvalue weighted by molar-refractivity contribution is 5.42. The number of halogens is 3. The summed E-state index contributed by atoms with van der Waals surface area (Å²) in [6.45, 7) is 2.00. The minimum absolute atomic E-state index is 0.0505. The van der Waals surface area contributed by atoms with Gasteiger partial charge in [-0.15, -0.1) is 0 Å². The second-order valence-electron chi connectivity index (χ2n) is 3.93. The van der Waals surface area contributed by atoms with Crippen molar-refractivity contribution in [1.82, 2.24) is 9.97 Å². The number of nitrogens with zero attached hydrogens (tertiary/aromatic N) is 2. The molecule has 0 aliphatic rings. The fourth-order valence-corrected chi connectivity index (χ4v) is 1.41. The second kappa shape index (κ2) is 6.53. The predicted octanol–water partition coefficient (Wildman–Crippen LogP) is 1.35. The lowest BCUT2D eigenvalue weighted by Crippen LogP contribution is -2.21. The summed E-state index contributed by atoms with van der Waals surface area (Å²) in [5, 5.41) is 12.1. The molecule has 0 aliphatic carbocycles. The standard InChI is InChI=1S/C10H16F3N5O/c1-2-3-6(19)5-15-8-4-7(10(11,12)13)16-9(17-8)18-14/h4,6,19H,2-3,5,14H2,1H3,(H2,15,16,17,18). The van der Waals surface area contributed by atoms with E-state index in [1.54, 1.807) is 0 Å². The average Bonchev–Trinajstić information content (AvgIpc) is 2.35. The molecule has 0 saturated heterocycles. The number of anilines is 2. The van der Waals surface area contributed by atoms with Gasteiger partial charge in [-0.05, 0) is 6.42 Å². The van der Waals surface area contributed by atoms with Crippen molar-refractivity contribution in [2.24, 2.45) is 5.84 Å². The first-order valence-corrected chi connectivity index (χ1v) is 5.71. The van der Waals surface area contributed by atoms with Crippen molar-refractivity contribution in [3.63, 3.8) is 0 Å². The minimum Gasteiger partial charge on any atom is -0.391 e. The monoisotopic (exact) mass is 279 g/mol. The van der Waals surface area contributed by atoms with E-state index in [0.717, 1.165) is 12.5 Å². The Kier molecular flexibility index (Phi) is 5.31. The number of alkyl halides is 3. The number of nitrogen functional groups attached to an aromatic ring is 1. The van der Waals surface area contributed by atoms with Crippen LogP contribution in [0.1, 0.15) is 25.5 Å². The molecule has 0 spiro atoms. The fraction of sp³-hybridized carbons (Fsp3) is 0.600. The van der Waals surface area contributed by atoms with Crippen molar-refractivity contribution < 1.29 is 18.3 Å². The normalized spacial score (nSPS) is 13.2. The number of nitrogens with one attached hydrogen (secondary N) is 2. The molecule has 19 heavy (non-hydrogen) atoms. The van der Waals surface area contributed by atoms with Gasteiger partial charge in [0.2, 0.25) is 5.95 Å². The van der Waals surface area contributed by atoms with E-state index in [0.29, 0.717) is 6.42 Å². The Bertz CT molecular complexity index is 413. The molecule has 5 N–H and O–H groups in total. The van der Waals surface area contributed by atoms with Crippen LogP contribution in [0.5, 0.6) is 0 Å². The smallest absolute Gasteiger partial charge is 0.391 e. The molecule has 0 aliphatic heterocycles. The fourth-order valence-electron chi connectivity index (χ4n) is 1.41. The molecule has 1 unspecified atom stereocenters. The number of hydrogen-bond acceptors (Lipinski definition) is 6. The van der Waals surface area contributed by atoms with Gasteiger partial charge in [0.25, 0.3) is 0 Å². The SMILES string of the molecule is CCCC(O)CNc1cc(C(F)(F)F)nc(NN)n1. The number of nitrogens with two attached hydrogens (primary N) is 1. The molecule has 6 nitrogen and oxygen atoms in total. The topological polar surface area (TPSA) is 96.1 Å². The van der Waals surface area contributed by atoms with Gasteiger partial charge in [0.05, 0.1) is 6.10 Å². The largest absolute Gasteiger partial charge is 0.433 e. The van der Waals surface area contributed by atoms with Gasteiger partial charge < -0.3 is 10.4 Å². The van der Waals surface area contributed by atoms with Crippen molar-refractivity contribution >= 4 is 11.8 Å². The lowest BCUT2D eigenvalue weighted by Gasteiger charge is -2.13. The highest BCUT2D eigenvalue weighted by Gasteiger charge is 2.33. The quantitative estimate of drug-likeness (QED) is 0.464. The Morgan fingerprint density at radius 2 is 2.11 bits per heavy atom. The number of rotatable bonds is 6. The zero-order valence-electron chi connectivity index (χ0n) is 10.3. The van der Waals surface area contributed by atoms with Crippen LogP contribution in [0.25, 0.3) is 0 Å². The van der Waals surface area contributed by atoms with Gasteiger partial charge in [-0.3, -0.25) is 5.43 Å². The predicted molar refractivity (Wildman–Crippen MR) is 64.2 cm³/mol. The molecule has 0 fully saturated rings. The molecule has 0 saturated carbocycles. The first-order valence-electron chi connectivity index (χ1n) is 5.71. The van der Waals surface area contributed by atoms with Crippen LogP contribution >= 0.6 is 0 Å². The van der Waals surface area contributed by atoms with Crippen molar-refractivity contribution in [3.05, 3.63) is 11.8 Å². The summed E-state index contributed by atoms with van der Waals surface area (Å²) in [6, 6.07) is 0.763. The zero-order chi connectivity index (χ0) is 14.5. The molecule has 0 bridgehead atoms. The molecule has 1 rings (SSSR count). The van der Waals surface area contributed by atoms with Crippen LogP contribution < -0.4 is 16.6 Å². The summed E-state index contributed by atoms with van der Waals surface area (Å²) in [4.78, 5) is 6.94. The van der Waals surface area contributed by atoms with E-state index in [9.17, 15) is 18.3 Å². The van der Waals surface area contributed by atoms with Gasteiger partial charge in [-0.25, -0.2) is 10.8 Å². The van der Waals surface area contributed by atoms with Gasteiger partial charge in [-0.1, -0.05) is 13.3 Å². The summed E-state index contributed by atoms with van der Waals surface area (Å²) in [5.41, 5.74) is 0.860. The third-order valence-corrected chi connectivity index (χ3v) is 2.29. The molecular formula is C10H16F3N5O. The minimum atomic E-state index is -4.59. The molecule has 1 aromatic rings. The number of aliphatic hydroxyl groups excluding tert-OH is 1. The van der Waals surface area contributed by atoms with E-state index in [-0.39, 0.29) is 18.3 Å². The van der Waals surface area contributed by atoms with E-state index < -0.39 is 18.0 Å². The third-order valence-electron chi connectivity index (χ3n) is 2.29. The summed E-state index contributed by atoms with van der Waals surface area (Å²) < 4.78 is 37.7. The van der Waals surface area contributed by atoms with Gasteiger partial charge in [-0.2, -0.15) is 18.2 Å². The number of aromatic nitrogens is 2. The Balaban J connectivity index is 2.83. The Morgan fingerprint density at radius 3 is 2.63 bits per heavy atom. The first-order chi connectivity index (χ1) is 8.86. The molecule has 108 valence electrons. The van der Waals surface area contributed by atoms with Crippen molar-refractivity contribution in [2.75, 3.05) is 17.3 Å². The second-order valence-corrected chi connectivity index (χ2v) is 3.93. The van der Waals surface area contributed by atoms with Crippen LogP contribution in [-0.4, -0.2) is 27.7 Å². The maximum absolute atomic E-state index is 12.6. The molecule has 0 radical (unpaired) electrons. The van der Waals surface area contributed by atoms with Crippen LogP contribution in [-0.2, 0) is 6.18 Å². The van der Waals surface area contributed by atoms with Crippen LogP contribution in [0, 0.1) is 0 Å². The summed E-state index contributed by atoms with van der Waals surface area (Å²) in [7, 11) is 0. The molecule has 9 heteroatoms. The van der Waals surface area contributed by atoms with E-state index in [1.807, 2.05) is 12.3 Å². The molecular weight excluding hydrogens is 263 g/mol. The van der Waals surface area contributed by atoms with Gasteiger partial charge >= 0.3 is 6.18 Å². The lowest BCUT2D eigenvalue weighted by molar-refractivity contribution is -0.141. The summed E-state index contributed by atoms with van der Waals surface area (Å²) in [5.74, 6) is 4.62. The molecule has 1 atom stereocenters. The van der Waals surface area contributed by atoms with Crippen LogP contribution in [0.15, 0.2) is 6.07 Å². The average molecular weight is 279 g/mol. The van der Waals surface area contributed by atoms with E-state index in [1.165, 1.54) is 0 Å². The Hall–Kier alpha value is -1.61. The van der Waals surface area contributed by atoms with E-state index >= 15 is 0 Å². The lowest BCUT2D eigenvalue weighted by atomic mass is 10.2. The van der Waals surface area contributed by atoms with Crippen molar-refractivity contribution in [2.45, 2.75) is 32.0 Å². The van der Waals surface area contributed by atoms with Crippen LogP contribution in [0.4, 0.5) is 24.9 Å².